The second-order valence-electron chi connectivity index (χ2n) is 5.37. The van der Waals surface area contributed by atoms with Crippen molar-refractivity contribution in [3.63, 3.8) is 0 Å². The number of nitrogens with one attached hydrogen (secondary N) is 1. The smallest absolute Gasteiger partial charge is 0.240 e. The first kappa shape index (κ1) is 15.2. The monoisotopic (exact) mass is 295 g/mol. The molecule has 1 saturated carbocycles. The second kappa shape index (κ2) is 6.06. The Morgan fingerprint density at radius 3 is 2.65 bits per heavy atom. The van der Waals surface area contributed by atoms with Crippen molar-refractivity contribution in [2.75, 3.05) is 6.54 Å². The summed E-state index contributed by atoms with van der Waals surface area (Å²) in [7, 11) is -3.53. The number of unbranched alkanes of at least 4 members (excludes halogenated alkanes) is 1. The van der Waals surface area contributed by atoms with Gasteiger partial charge in [0.2, 0.25) is 10.0 Å². The van der Waals surface area contributed by atoms with Gasteiger partial charge in [-0.3, -0.25) is 4.79 Å². The first-order valence-electron chi connectivity index (χ1n) is 7.10. The Labute approximate surface area is 120 Å². The molecule has 20 heavy (non-hydrogen) atoms. The molecule has 0 radical (unpaired) electrons. The Morgan fingerprint density at radius 1 is 1.35 bits per heavy atom. The fraction of sp³-hybridized carbons (Fsp3) is 0.533. The summed E-state index contributed by atoms with van der Waals surface area (Å²) in [6, 6.07) is 4.95. The highest BCUT2D eigenvalue weighted by atomic mass is 32.2. The standard InChI is InChI=1S/C15H21NO3S/c1-3-4-9-16-20(18,19)14-10-13(6-5-11(14)2)15(17)12-7-8-12/h5-6,10,12,16H,3-4,7-9H2,1-2H3. The summed E-state index contributed by atoms with van der Waals surface area (Å²) < 4.78 is 27.1. The number of sulfonamides is 1. The normalized spacial score (nSPS) is 15.3. The molecule has 0 saturated heterocycles. The van der Waals surface area contributed by atoms with Gasteiger partial charge in [-0.25, -0.2) is 13.1 Å². The number of aryl methyl sites for hydroxylation is 1. The molecule has 1 fully saturated rings. The average molecular weight is 295 g/mol. The summed E-state index contributed by atoms with van der Waals surface area (Å²) in [6.45, 7) is 4.19. The molecule has 1 N–H and O–H groups in total. The number of Topliss-reactive ketones (excluding diaryl/α,β-unsaturated/α-hetero) is 1. The van der Waals surface area contributed by atoms with E-state index < -0.39 is 10.0 Å². The molecule has 1 aliphatic rings. The summed E-state index contributed by atoms with van der Waals surface area (Å²) in [6.07, 6.45) is 3.58. The Bertz CT molecular complexity index is 604. The molecule has 0 atom stereocenters. The first-order chi connectivity index (χ1) is 9.45. The van der Waals surface area contributed by atoms with Crippen molar-refractivity contribution in [3.8, 4) is 0 Å². The molecule has 0 amide bonds. The minimum absolute atomic E-state index is 0.0648. The number of benzene rings is 1. The van der Waals surface area contributed by atoms with E-state index in [1.54, 1.807) is 19.1 Å². The van der Waals surface area contributed by atoms with Crippen LogP contribution in [-0.4, -0.2) is 20.7 Å². The van der Waals surface area contributed by atoms with Crippen LogP contribution in [0.3, 0.4) is 0 Å². The van der Waals surface area contributed by atoms with Gasteiger partial charge in [-0.05, 0) is 37.8 Å². The fourth-order valence-electron chi connectivity index (χ4n) is 2.09. The molecule has 0 aliphatic heterocycles. The van der Waals surface area contributed by atoms with Gasteiger partial charge in [0, 0.05) is 18.0 Å². The van der Waals surface area contributed by atoms with Gasteiger partial charge in [-0.1, -0.05) is 25.5 Å². The first-order valence-corrected chi connectivity index (χ1v) is 8.58. The largest absolute Gasteiger partial charge is 0.294 e. The van der Waals surface area contributed by atoms with E-state index in [9.17, 15) is 13.2 Å². The third-order valence-corrected chi connectivity index (χ3v) is 5.14. The number of rotatable bonds is 7. The van der Waals surface area contributed by atoms with E-state index in [0.717, 1.165) is 25.7 Å². The Morgan fingerprint density at radius 2 is 2.05 bits per heavy atom. The van der Waals surface area contributed by atoms with Crippen LogP contribution in [0.4, 0.5) is 0 Å². The molecule has 0 aromatic heterocycles. The lowest BCUT2D eigenvalue weighted by molar-refractivity contribution is 0.0967. The third kappa shape index (κ3) is 3.46. The summed E-state index contributed by atoms with van der Waals surface area (Å²) >= 11 is 0. The molecule has 1 aromatic carbocycles. The molecule has 0 bridgehead atoms. The summed E-state index contributed by atoms with van der Waals surface area (Å²) in [5, 5.41) is 0. The maximum absolute atomic E-state index is 12.3. The lowest BCUT2D eigenvalue weighted by Crippen LogP contribution is -2.25. The number of carbonyl (C=O) groups is 1. The van der Waals surface area contributed by atoms with E-state index >= 15 is 0 Å². The molecule has 110 valence electrons. The lowest BCUT2D eigenvalue weighted by Gasteiger charge is -2.10. The van der Waals surface area contributed by atoms with Crippen molar-refractivity contribution >= 4 is 15.8 Å². The van der Waals surface area contributed by atoms with Gasteiger partial charge in [0.1, 0.15) is 0 Å². The van der Waals surface area contributed by atoms with Crippen LogP contribution in [-0.2, 0) is 10.0 Å². The number of carbonyl (C=O) groups excluding carboxylic acids is 1. The molecule has 4 nitrogen and oxygen atoms in total. The summed E-state index contributed by atoms with van der Waals surface area (Å²) in [5.74, 6) is 0.163. The predicted molar refractivity (Wildman–Crippen MR) is 78.3 cm³/mol. The molecule has 1 aromatic rings. The van der Waals surface area contributed by atoms with E-state index in [1.807, 2.05) is 6.92 Å². The fourth-order valence-corrected chi connectivity index (χ4v) is 3.43. The van der Waals surface area contributed by atoms with Crippen molar-refractivity contribution in [2.24, 2.45) is 5.92 Å². The van der Waals surface area contributed by atoms with Crippen LogP contribution in [0, 0.1) is 12.8 Å². The highest BCUT2D eigenvalue weighted by molar-refractivity contribution is 7.89. The molecule has 2 rings (SSSR count). The van der Waals surface area contributed by atoms with Gasteiger partial charge in [-0.15, -0.1) is 0 Å². The van der Waals surface area contributed by atoms with Gasteiger partial charge in [0.15, 0.2) is 5.78 Å². The Kier molecular flexibility index (Phi) is 4.60. The van der Waals surface area contributed by atoms with Crippen LogP contribution >= 0.6 is 0 Å². The van der Waals surface area contributed by atoms with Crippen molar-refractivity contribution in [1.82, 2.24) is 4.72 Å². The SMILES string of the molecule is CCCCNS(=O)(=O)c1cc(C(=O)C2CC2)ccc1C. The molecule has 0 heterocycles. The van der Waals surface area contributed by atoms with E-state index in [1.165, 1.54) is 6.07 Å². The van der Waals surface area contributed by atoms with E-state index in [0.29, 0.717) is 17.7 Å². The van der Waals surface area contributed by atoms with Crippen LogP contribution in [0.25, 0.3) is 0 Å². The second-order valence-corrected chi connectivity index (χ2v) is 7.11. The highest BCUT2D eigenvalue weighted by Gasteiger charge is 2.31. The van der Waals surface area contributed by atoms with Gasteiger partial charge in [0.05, 0.1) is 4.90 Å². The number of hydrogen-bond acceptors (Lipinski definition) is 3. The van der Waals surface area contributed by atoms with Crippen LogP contribution in [0.5, 0.6) is 0 Å². The maximum Gasteiger partial charge on any atom is 0.240 e. The van der Waals surface area contributed by atoms with Crippen LogP contribution in [0.1, 0.15) is 48.5 Å². The zero-order chi connectivity index (χ0) is 14.8. The van der Waals surface area contributed by atoms with Crippen LogP contribution in [0.2, 0.25) is 0 Å². The third-order valence-electron chi connectivity index (χ3n) is 3.53. The average Bonchev–Trinajstić information content (AvgIpc) is 3.22. The van der Waals surface area contributed by atoms with Gasteiger partial charge in [-0.2, -0.15) is 0 Å². The highest BCUT2D eigenvalue weighted by Crippen LogP contribution is 2.33. The zero-order valence-corrected chi connectivity index (χ0v) is 12.8. The number of ketones is 1. The molecule has 1 aliphatic carbocycles. The molecule has 0 spiro atoms. The molecule has 5 heteroatoms. The molecule has 0 unspecified atom stereocenters. The van der Waals surface area contributed by atoms with Crippen molar-refractivity contribution in [2.45, 2.75) is 44.4 Å². The van der Waals surface area contributed by atoms with E-state index in [2.05, 4.69) is 4.72 Å². The summed E-state index contributed by atoms with van der Waals surface area (Å²) in [5.41, 5.74) is 1.18. The zero-order valence-electron chi connectivity index (χ0n) is 12.0. The van der Waals surface area contributed by atoms with Gasteiger partial charge >= 0.3 is 0 Å². The molecular formula is C15H21NO3S. The van der Waals surface area contributed by atoms with Crippen molar-refractivity contribution in [1.29, 1.82) is 0 Å². The predicted octanol–water partition coefficient (Wildman–Crippen LogP) is 2.67. The van der Waals surface area contributed by atoms with Crippen LogP contribution in [0.15, 0.2) is 23.1 Å². The van der Waals surface area contributed by atoms with E-state index in [-0.39, 0.29) is 16.6 Å². The molecular weight excluding hydrogens is 274 g/mol. The van der Waals surface area contributed by atoms with Gasteiger partial charge < -0.3 is 0 Å². The number of hydrogen-bond donors (Lipinski definition) is 1. The maximum atomic E-state index is 12.3. The topological polar surface area (TPSA) is 63.2 Å². The van der Waals surface area contributed by atoms with Crippen molar-refractivity contribution < 1.29 is 13.2 Å². The van der Waals surface area contributed by atoms with Crippen molar-refractivity contribution in [3.05, 3.63) is 29.3 Å². The Balaban J connectivity index is 2.25. The van der Waals surface area contributed by atoms with E-state index in [4.69, 9.17) is 0 Å². The lowest BCUT2D eigenvalue weighted by atomic mass is 10.1. The minimum atomic E-state index is -3.53. The summed E-state index contributed by atoms with van der Waals surface area (Å²) in [4.78, 5) is 12.3. The van der Waals surface area contributed by atoms with Crippen LogP contribution < -0.4 is 4.72 Å². The Hall–Kier alpha value is -1.20. The minimum Gasteiger partial charge on any atom is -0.294 e. The quantitative estimate of drug-likeness (QED) is 0.621. The van der Waals surface area contributed by atoms with Gasteiger partial charge in [0.25, 0.3) is 0 Å².